The fourth-order valence-electron chi connectivity index (χ4n) is 8.39. The second-order valence-corrected chi connectivity index (χ2v) is 22.3. The minimum Gasteiger partial charge on any atom is -0.462 e. The van der Waals surface area contributed by atoms with Crippen LogP contribution in [0.1, 0.15) is 265 Å². The molecule has 0 heterocycles. The van der Waals surface area contributed by atoms with Gasteiger partial charge >= 0.3 is 25.7 Å². The van der Waals surface area contributed by atoms with E-state index >= 15 is 0 Å². The van der Waals surface area contributed by atoms with E-state index in [1.807, 2.05) is 0 Å². The molecule has 0 amide bonds. The maximum absolute atomic E-state index is 13.0. The Morgan fingerprint density at radius 3 is 1.00 bits per heavy atom. The minimum atomic E-state index is -4.77. The Balaban J connectivity index is 4.75. The summed E-state index contributed by atoms with van der Waals surface area (Å²) in [4.78, 5) is 48.8. The summed E-state index contributed by atoms with van der Waals surface area (Å²) in [6.45, 7) is 4.37. The molecule has 0 saturated heterocycles. The highest BCUT2D eigenvalue weighted by atomic mass is 31.2. The molecule has 3 unspecified atom stereocenters. The van der Waals surface area contributed by atoms with Gasteiger partial charge in [-0.25, -0.2) is 4.57 Å². The van der Waals surface area contributed by atoms with Crippen molar-refractivity contribution < 1.29 is 52.2 Å². The Labute approximate surface area is 488 Å². The SMILES string of the molecule is CC/C=C\C/C=C\C/C=C\C/C=C\CCCCCCC(=O)OC(CO)COP(=O)(O)OCC(COC(=O)CCCCCCCCC/C=C\C/C=C\C/C=C\CC)OC(=O)CCCCCCCCCCC/C=C\C/C=C\CCCCC. The Hall–Kier alpha value is -3.86. The van der Waals surface area contributed by atoms with Crippen LogP contribution in [0.4, 0.5) is 0 Å². The van der Waals surface area contributed by atoms with Crippen molar-refractivity contribution in [2.24, 2.45) is 0 Å². The molecule has 458 valence electrons. The monoisotopic (exact) mass is 1140 g/mol. The van der Waals surface area contributed by atoms with E-state index in [2.05, 4.69) is 130 Å². The molecule has 0 aromatic carbocycles. The molecule has 0 aromatic rings. The maximum atomic E-state index is 13.0. The number of phosphoric ester groups is 1. The van der Waals surface area contributed by atoms with Crippen molar-refractivity contribution in [1.82, 2.24) is 0 Å². The van der Waals surface area contributed by atoms with Crippen molar-refractivity contribution in [3.63, 3.8) is 0 Å². The van der Waals surface area contributed by atoms with Gasteiger partial charge in [-0.2, -0.15) is 0 Å². The minimum absolute atomic E-state index is 0.144. The molecule has 3 atom stereocenters. The van der Waals surface area contributed by atoms with Crippen LogP contribution >= 0.6 is 7.82 Å². The highest BCUT2D eigenvalue weighted by molar-refractivity contribution is 7.47. The van der Waals surface area contributed by atoms with Crippen LogP contribution in [0.3, 0.4) is 0 Å². The van der Waals surface area contributed by atoms with Crippen molar-refractivity contribution in [3.05, 3.63) is 109 Å². The van der Waals surface area contributed by atoms with E-state index in [4.69, 9.17) is 23.3 Å². The number of aliphatic hydroxyl groups is 1. The zero-order valence-electron chi connectivity index (χ0n) is 50.8. The molecular weight excluding hydrogens is 1020 g/mol. The summed E-state index contributed by atoms with van der Waals surface area (Å²) in [5, 5.41) is 9.85. The number of hydrogen-bond acceptors (Lipinski definition) is 10. The van der Waals surface area contributed by atoms with Crippen molar-refractivity contribution in [2.45, 2.75) is 277 Å². The molecule has 0 rings (SSSR count). The Morgan fingerprint density at radius 2 is 0.650 bits per heavy atom. The summed E-state index contributed by atoms with van der Waals surface area (Å²) in [6.07, 6.45) is 74.6. The van der Waals surface area contributed by atoms with E-state index in [1.54, 1.807) is 0 Å². The molecular formula is C68H115O11P. The van der Waals surface area contributed by atoms with Crippen molar-refractivity contribution in [1.29, 1.82) is 0 Å². The molecule has 0 aliphatic heterocycles. The number of ether oxygens (including phenoxy) is 3. The molecule has 12 heteroatoms. The molecule has 0 spiro atoms. The van der Waals surface area contributed by atoms with Crippen LogP contribution in [-0.4, -0.2) is 66.5 Å². The van der Waals surface area contributed by atoms with Gasteiger partial charge in [-0.3, -0.25) is 23.4 Å². The van der Waals surface area contributed by atoms with E-state index in [1.165, 1.54) is 70.6 Å². The largest absolute Gasteiger partial charge is 0.472 e. The summed E-state index contributed by atoms with van der Waals surface area (Å²) >= 11 is 0. The van der Waals surface area contributed by atoms with Crippen LogP contribution in [0.5, 0.6) is 0 Å². The standard InChI is InChI=1S/C68H115O11P/c1-4-7-10-13-16-19-22-25-28-31-32-35-38-41-44-47-50-53-56-59-68(72)79-65(61-75-66(70)57-54-51-48-45-42-39-36-33-29-26-23-20-17-14-11-8-5-2)63-77-80(73,74)76-62-64(60-69)78-67(71)58-55-52-49-46-43-40-37-34-30-27-24-21-18-15-12-9-6-3/h8-9,11-12,16-21,25-30,37,40,64-65,69H,4-7,10,13-15,22-24,31-36,38-39,41-63H2,1-3H3,(H,73,74)/b11-8-,12-9-,19-16-,20-17-,21-18-,28-25-,29-26-,30-27-,40-37-. The zero-order chi connectivity index (χ0) is 58.3. The first-order valence-corrected chi connectivity index (χ1v) is 33.3. The number of hydrogen-bond donors (Lipinski definition) is 2. The van der Waals surface area contributed by atoms with Crippen LogP contribution in [0.25, 0.3) is 0 Å². The summed E-state index contributed by atoms with van der Waals surface area (Å²) in [7, 11) is -4.77. The number of phosphoric acid groups is 1. The quantitative estimate of drug-likeness (QED) is 0.0197. The molecule has 2 N–H and O–H groups in total. The van der Waals surface area contributed by atoms with Gasteiger partial charge in [-0.15, -0.1) is 0 Å². The normalized spacial score (nSPS) is 14.0. The maximum Gasteiger partial charge on any atom is 0.472 e. The third-order valence-corrected chi connectivity index (χ3v) is 14.1. The molecule has 0 radical (unpaired) electrons. The smallest absolute Gasteiger partial charge is 0.462 e. The predicted octanol–water partition coefficient (Wildman–Crippen LogP) is 19.4. The summed E-state index contributed by atoms with van der Waals surface area (Å²) in [6, 6.07) is 0. The van der Waals surface area contributed by atoms with Crippen molar-refractivity contribution in [2.75, 3.05) is 26.4 Å². The molecule has 0 saturated carbocycles. The van der Waals surface area contributed by atoms with Crippen LogP contribution in [0.2, 0.25) is 0 Å². The lowest BCUT2D eigenvalue weighted by molar-refractivity contribution is -0.161. The van der Waals surface area contributed by atoms with Gasteiger partial charge in [0, 0.05) is 19.3 Å². The molecule has 0 aliphatic rings. The highest BCUT2D eigenvalue weighted by Crippen LogP contribution is 2.43. The number of unbranched alkanes of at least 4 members (excludes halogenated alkanes) is 23. The van der Waals surface area contributed by atoms with E-state index < -0.39 is 57.8 Å². The average Bonchev–Trinajstić information content (AvgIpc) is 3.45. The first kappa shape index (κ1) is 76.1. The van der Waals surface area contributed by atoms with Gasteiger partial charge < -0.3 is 24.2 Å². The van der Waals surface area contributed by atoms with Gasteiger partial charge in [0.2, 0.25) is 0 Å². The lowest BCUT2D eigenvalue weighted by atomic mass is 10.1. The third kappa shape index (κ3) is 58.8. The lowest BCUT2D eigenvalue weighted by Crippen LogP contribution is -2.30. The van der Waals surface area contributed by atoms with Gasteiger partial charge in [0.05, 0.1) is 19.8 Å². The third-order valence-electron chi connectivity index (χ3n) is 13.2. The molecule has 0 aromatic heterocycles. The van der Waals surface area contributed by atoms with Crippen LogP contribution < -0.4 is 0 Å². The summed E-state index contributed by atoms with van der Waals surface area (Å²) in [5.41, 5.74) is 0. The lowest BCUT2D eigenvalue weighted by Gasteiger charge is -2.21. The van der Waals surface area contributed by atoms with Gasteiger partial charge in [-0.1, -0.05) is 233 Å². The summed E-state index contributed by atoms with van der Waals surface area (Å²) in [5.74, 6) is -1.51. The fourth-order valence-corrected chi connectivity index (χ4v) is 9.18. The Kier molecular flexibility index (Phi) is 58.3. The number of esters is 3. The first-order chi connectivity index (χ1) is 39.2. The van der Waals surface area contributed by atoms with E-state index in [9.17, 15) is 28.9 Å². The summed E-state index contributed by atoms with van der Waals surface area (Å²) < 4.78 is 39.7. The number of carbonyl (C=O) groups is 3. The molecule has 11 nitrogen and oxygen atoms in total. The van der Waals surface area contributed by atoms with E-state index in [0.29, 0.717) is 19.3 Å². The fraction of sp³-hybridized carbons (Fsp3) is 0.691. The predicted molar refractivity (Wildman–Crippen MR) is 334 cm³/mol. The highest BCUT2D eigenvalue weighted by Gasteiger charge is 2.28. The zero-order valence-corrected chi connectivity index (χ0v) is 51.7. The van der Waals surface area contributed by atoms with Gasteiger partial charge in [0.15, 0.2) is 6.10 Å². The first-order valence-electron chi connectivity index (χ1n) is 31.8. The number of aliphatic hydroxyl groups excluding tert-OH is 1. The van der Waals surface area contributed by atoms with Crippen LogP contribution in [0.15, 0.2) is 109 Å². The van der Waals surface area contributed by atoms with Crippen molar-refractivity contribution >= 4 is 25.7 Å². The Bertz CT molecular complexity index is 1760. The topological polar surface area (TPSA) is 155 Å². The molecule has 80 heavy (non-hydrogen) atoms. The number of rotatable bonds is 58. The average molecular weight is 1140 g/mol. The number of carbonyl (C=O) groups excluding carboxylic acids is 3. The van der Waals surface area contributed by atoms with E-state index in [0.717, 1.165) is 135 Å². The Morgan fingerprint density at radius 1 is 0.362 bits per heavy atom. The molecule has 0 aliphatic carbocycles. The van der Waals surface area contributed by atoms with Crippen LogP contribution in [-0.2, 0) is 42.2 Å². The second kappa shape index (κ2) is 61.2. The van der Waals surface area contributed by atoms with Crippen LogP contribution in [0, 0.1) is 0 Å². The molecule has 0 fully saturated rings. The van der Waals surface area contributed by atoms with E-state index in [-0.39, 0.29) is 25.9 Å². The van der Waals surface area contributed by atoms with Gasteiger partial charge in [-0.05, 0) is 122 Å². The van der Waals surface area contributed by atoms with Gasteiger partial charge in [0.25, 0.3) is 0 Å². The molecule has 0 bridgehead atoms. The van der Waals surface area contributed by atoms with Crippen molar-refractivity contribution in [3.8, 4) is 0 Å². The van der Waals surface area contributed by atoms with Gasteiger partial charge in [0.1, 0.15) is 12.7 Å². The second-order valence-electron chi connectivity index (χ2n) is 20.8. The number of allylic oxidation sites excluding steroid dienone is 18.